The summed E-state index contributed by atoms with van der Waals surface area (Å²) in [4.78, 5) is 24.2. The fourth-order valence-corrected chi connectivity index (χ4v) is 3.67. The van der Waals surface area contributed by atoms with E-state index in [0.717, 1.165) is 23.8 Å². The number of aromatic amines is 1. The number of hydrogen-bond donors (Lipinski definition) is 1. The van der Waals surface area contributed by atoms with Gasteiger partial charge < -0.3 is 9.15 Å². The van der Waals surface area contributed by atoms with E-state index in [2.05, 4.69) is 17.1 Å². The van der Waals surface area contributed by atoms with Crippen LogP contribution >= 0.6 is 11.8 Å². The van der Waals surface area contributed by atoms with E-state index in [-0.39, 0.29) is 18.1 Å². The molecule has 0 aliphatic carbocycles. The van der Waals surface area contributed by atoms with Crippen LogP contribution in [0.25, 0.3) is 11.0 Å². The van der Waals surface area contributed by atoms with Gasteiger partial charge in [-0.1, -0.05) is 43.3 Å². The molecule has 0 radical (unpaired) electrons. The van der Waals surface area contributed by atoms with Gasteiger partial charge in [0.15, 0.2) is 5.16 Å². The van der Waals surface area contributed by atoms with Crippen molar-refractivity contribution in [3.05, 3.63) is 46.1 Å². The van der Waals surface area contributed by atoms with Gasteiger partial charge in [-0.2, -0.15) is 0 Å². The van der Waals surface area contributed by atoms with Crippen molar-refractivity contribution in [1.82, 2.24) is 14.8 Å². The number of thioether (sulfide) groups is 1. The lowest BCUT2D eigenvalue weighted by atomic mass is 10.1. The summed E-state index contributed by atoms with van der Waals surface area (Å²) in [5.41, 5.74) is 1.17. The van der Waals surface area contributed by atoms with Crippen LogP contribution in [0.1, 0.15) is 42.8 Å². The second-order valence-electron chi connectivity index (χ2n) is 5.73. The van der Waals surface area contributed by atoms with Gasteiger partial charge in [0.25, 0.3) is 0 Å². The van der Waals surface area contributed by atoms with Crippen LogP contribution in [-0.4, -0.2) is 27.3 Å². The number of nitrogens with one attached hydrogen (secondary N) is 1. The van der Waals surface area contributed by atoms with Crippen LogP contribution in [0, 0.1) is 0 Å². The highest BCUT2D eigenvalue weighted by atomic mass is 32.2. The molecule has 0 bridgehead atoms. The maximum Gasteiger partial charge on any atom is 0.374 e. The topological polar surface area (TPSA) is 90.1 Å². The molecule has 1 N–H and O–H groups in total. The second kappa shape index (κ2) is 8.27. The van der Waals surface area contributed by atoms with Gasteiger partial charge in [0.1, 0.15) is 5.58 Å². The zero-order valence-corrected chi connectivity index (χ0v) is 15.6. The molecule has 0 fully saturated rings. The number of esters is 1. The average molecular weight is 375 g/mol. The van der Waals surface area contributed by atoms with Crippen molar-refractivity contribution in [2.75, 3.05) is 6.61 Å². The number of nitrogens with zero attached hydrogens (tertiary/aromatic N) is 2. The van der Waals surface area contributed by atoms with Crippen LogP contribution in [0.5, 0.6) is 0 Å². The number of benzene rings is 1. The minimum atomic E-state index is -0.482. The third-order valence-corrected chi connectivity index (χ3v) is 4.97. The van der Waals surface area contributed by atoms with Crippen molar-refractivity contribution < 1.29 is 13.9 Å². The molecule has 0 amide bonds. The Labute approximate surface area is 154 Å². The number of rotatable bonds is 8. The first-order chi connectivity index (χ1) is 12.7. The quantitative estimate of drug-likeness (QED) is 0.478. The van der Waals surface area contributed by atoms with Gasteiger partial charge in [-0.15, -0.1) is 5.10 Å². The zero-order chi connectivity index (χ0) is 18.5. The molecule has 0 saturated heterocycles. The predicted molar refractivity (Wildman–Crippen MR) is 99.5 cm³/mol. The van der Waals surface area contributed by atoms with Gasteiger partial charge in [-0.3, -0.25) is 4.57 Å². The van der Waals surface area contributed by atoms with Gasteiger partial charge in [0, 0.05) is 23.2 Å². The summed E-state index contributed by atoms with van der Waals surface area (Å²) in [5.74, 6) is 0.171. The number of unbranched alkanes of at least 4 members (excludes halogenated alkanes) is 1. The summed E-state index contributed by atoms with van der Waals surface area (Å²) in [5, 5.41) is 8.06. The maximum absolute atomic E-state index is 12.3. The molecule has 3 rings (SSSR count). The van der Waals surface area contributed by atoms with Crippen molar-refractivity contribution in [3.8, 4) is 0 Å². The highest BCUT2D eigenvalue weighted by molar-refractivity contribution is 7.98. The van der Waals surface area contributed by atoms with Crippen LogP contribution in [0.4, 0.5) is 0 Å². The third-order valence-electron chi connectivity index (χ3n) is 3.96. The van der Waals surface area contributed by atoms with E-state index < -0.39 is 5.97 Å². The number of H-pyrrole nitrogens is 1. The van der Waals surface area contributed by atoms with Gasteiger partial charge in [0.05, 0.1) is 6.61 Å². The Kier molecular flexibility index (Phi) is 5.82. The van der Waals surface area contributed by atoms with Crippen LogP contribution in [-0.2, 0) is 17.0 Å². The minimum absolute atomic E-state index is 0.207. The Morgan fingerprint density at radius 2 is 2.15 bits per heavy atom. The van der Waals surface area contributed by atoms with Crippen molar-refractivity contribution in [1.29, 1.82) is 0 Å². The number of para-hydroxylation sites is 1. The third kappa shape index (κ3) is 3.70. The van der Waals surface area contributed by atoms with Gasteiger partial charge in [-0.05, 0) is 19.4 Å². The molecule has 0 aliphatic heterocycles. The summed E-state index contributed by atoms with van der Waals surface area (Å²) < 4.78 is 12.5. The van der Waals surface area contributed by atoms with E-state index in [1.807, 2.05) is 24.3 Å². The molecule has 0 aliphatic rings. The first-order valence-corrected chi connectivity index (χ1v) is 9.59. The van der Waals surface area contributed by atoms with E-state index in [1.54, 1.807) is 11.5 Å². The number of carbonyl (C=O) groups excluding carboxylic acids is 1. The van der Waals surface area contributed by atoms with Crippen LogP contribution in [0.2, 0.25) is 0 Å². The van der Waals surface area contributed by atoms with E-state index in [9.17, 15) is 9.59 Å². The number of furan rings is 1. The molecule has 2 aromatic heterocycles. The molecule has 0 atom stereocenters. The van der Waals surface area contributed by atoms with Crippen molar-refractivity contribution >= 4 is 28.7 Å². The number of aromatic nitrogens is 3. The summed E-state index contributed by atoms with van der Waals surface area (Å²) >= 11 is 1.39. The van der Waals surface area contributed by atoms with E-state index in [1.165, 1.54) is 11.8 Å². The lowest BCUT2D eigenvalue weighted by Crippen LogP contribution is -2.17. The number of hydrogen-bond acceptors (Lipinski definition) is 6. The number of ether oxygens (including phenoxy) is 1. The van der Waals surface area contributed by atoms with Crippen molar-refractivity contribution in [3.63, 3.8) is 0 Å². The monoisotopic (exact) mass is 375 g/mol. The van der Waals surface area contributed by atoms with Gasteiger partial charge in [-0.25, -0.2) is 14.7 Å². The fourth-order valence-electron chi connectivity index (χ4n) is 2.67. The molecule has 138 valence electrons. The Balaban J connectivity index is 1.90. The lowest BCUT2D eigenvalue weighted by molar-refractivity contribution is 0.0491. The van der Waals surface area contributed by atoms with Crippen LogP contribution < -0.4 is 5.69 Å². The van der Waals surface area contributed by atoms with Gasteiger partial charge >= 0.3 is 11.7 Å². The summed E-state index contributed by atoms with van der Waals surface area (Å²) in [6.07, 6.45) is 1.89. The van der Waals surface area contributed by atoms with Gasteiger partial charge in [0.2, 0.25) is 5.76 Å². The molecule has 26 heavy (non-hydrogen) atoms. The largest absolute Gasteiger partial charge is 0.460 e. The maximum atomic E-state index is 12.3. The molecular formula is C18H21N3O4S. The zero-order valence-electron chi connectivity index (χ0n) is 14.8. The van der Waals surface area contributed by atoms with Crippen LogP contribution in [0.15, 0.2) is 38.6 Å². The Hall–Kier alpha value is -2.48. The molecule has 7 nitrogen and oxygen atoms in total. The van der Waals surface area contributed by atoms with E-state index >= 15 is 0 Å². The second-order valence-corrected chi connectivity index (χ2v) is 6.67. The van der Waals surface area contributed by atoms with Crippen LogP contribution in [0.3, 0.4) is 0 Å². The fraction of sp³-hybridized carbons (Fsp3) is 0.389. The molecule has 0 saturated carbocycles. The molecule has 3 aromatic rings. The highest BCUT2D eigenvalue weighted by Gasteiger charge is 2.22. The standard InChI is InChI=1S/C18H21N3O4S/c1-3-5-10-21-17(23)19-20-18(21)26-11-13-12-8-6-7-9-14(12)25-15(13)16(22)24-4-2/h6-9H,3-5,10-11H2,1-2H3,(H,19,23). The Morgan fingerprint density at radius 3 is 2.92 bits per heavy atom. The molecule has 8 heteroatoms. The number of carbonyl (C=O) groups is 1. The Morgan fingerprint density at radius 1 is 1.35 bits per heavy atom. The molecule has 0 spiro atoms. The predicted octanol–water partition coefficient (Wildman–Crippen LogP) is 3.59. The molecule has 1 aromatic carbocycles. The molecule has 0 unspecified atom stereocenters. The van der Waals surface area contributed by atoms with E-state index in [0.29, 0.717) is 23.0 Å². The summed E-state index contributed by atoms with van der Waals surface area (Å²) in [6, 6.07) is 7.48. The Bertz CT molecular complexity index is 957. The summed E-state index contributed by atoms with van der Waals surface area (Å²) in [6.45, 7) is 4.72. The molecule has 2 heterocycles. The van der Waals surface area contributed by atoms with Crippen molar-refractivity contribution in [2.45, 2.75) is 44.1 Å². The lowest BCUT2D eigenvalue weighted by Gasteiger charge is -2.05. The average Bonchev–Trinajstić information content (AvgIpc) is 3.19. The highest BCUT2D eigenvalue weighted by Crippen LogP contribution is 2.31. The minimum Gasteiger partial charge on any atom is -0.460 e. The first kappa shape index (κ1) is 18.3. The van der Waals surface area contributed by atoms with E-state index in [4.69, 9.17) is 9.15 Å². The smallest absolute Gasteiger partial charge is 0.374 e. The number of fused-ring (bicyclic) bond motifs is 1. The SMILES string of the molecule is CCCCn1c(SCc2c(C(=O)OCC)oc3ccccc23)n[nH]c1=O. The summed E-state index contributed by atoms with van der Waals surface area (Å²) in [7, 11) is 0. The van der Waals surface area contributed by atoms with Crippen molar-refractivity contribution in [2.24, 2.45) is 0 Å². The molecular weight excluding hydrogens is 354 g/mol. The first-order valence-electron chi connectivity index (χ1n) is 8.61. The normalized spacial score (nSPS) is 11.2.